The van der Waals surface area contributed by atoms with E-state index in [1.54, 1.807) is 13.2 Å². The van der Waals surface area contributed by atoms with E-state index < -0.39 is 6.04 Å². The van der Waals surface area contributed by atoms with Gasteiger partial charge in [-0.3, -0.25) is 19.6 Å². The highest BCUT2D eigenvalue weighted by Gasteiger charge is 2.39. The Bertz CT molecular complexity index is 945. The maximum atomic E-state index is 13.9. The third-order valence-corrected chi connectivity index (χ3v) is 7.15. The van der Waals surface area contributed by atoms with Crippen molar-refractivity contribution in [2.45, 2.75) is 70.0 Å². The van der Waals surface area contributed by atoms with E-state index in [2.05, 4.69) is 26.7 Å². The van der Waals surface area contributed by atoms with Crippen LogP contribution in [0.4, 0.5) is 0 Å². The highest BCUT2D eigenvalue weighted by atomic mass is 16.2. The fourth-order valence-electron chi connectivity index (χ4n) is 5.13. The van der Waals surface area contributed by atoms with Crippen molar-refractivity contribution in [2.75, 3.05) is 13.6 Å². The lowest BCUT2D eigenvalue weighted by molar-refractivity contribution is -0.139. The Kier molecular flexibility index (Phi) is 7.70. The molecule has 7 heteroatoms. The molecule has 176 valence electrons. The molecule has 33 heavy (non-hydrogen) atoms. The second-order valence-corrected chi connectivity index (χ2v) is 9.31. The lowest BCUT2D eigenvalue weighted by atomic mass is 9.83. The molecule has 3 heterocycles. The fourth-order valence-corrected chi connectivity index (χ4v) is 5.13. The van der Waals surface area contributed by atoms with E-state index >= 15 is 0 Å². The van der Waals surface area contributed by atoms with Crippen molar-refractivity contribution in [3.05, 3.63) is 48.4 Å². The summed E-state index contributed by atoms with van der Waals surface area (Å²) in [6, 6.07) is 7.09. The summed E-state index contributed by atoms with van der Waals surface area (Å²) in [6.45, 7) is 2.53. The Morgan fingerprint density at radius 2 is 1.91 bits per heavy atom. The Morgan fingerprint density at radius 1 is 1.09 bits per heavy atom. The first-order valence-electron chi connectivity index (χ1n) is 12.2. The molecule has 2 aromatic rings. The second-order valence-electron chi connectivity index (χ2n) is 9.31. The number of aromatic nitrogens is 2. The second kappa shape index (κ2) is 10.9. The number of nitrogens with one attached hydrogen (secondary N) is 2. The van der Waals surface area contributed by atoms with E-state index in [-0.39, 0.29) is 29.8 Å². The van der Waals surface area contributed by atoms with E-state index in [0.717, 1.165) is 55.3 Å². The van der Waals surface area contributed by atoms with Crippen LogP contribution in [0.5, 0.6) is 0 Å². The minimum Gasteiger partial charge on any atom is -0.343 e. The van der Waals surface area contributed by atoms with Crippen LogP contribution in [0.3, 0.4) is 0 Å². The topological polar surface area (TPSA) is 87.2 Å². The van der Waals surface area contributed by atoms with Crippen molar-refractivity contribution in [1.82, 2.24) is 25.5 Å². The first-order chi connectivity index (χ1) is 16.1. The zero-order valence-electron chi connectivity index (χ0n) is 19.7. The number of carbonyl (C=O) groups excluding carboxylic acids is 2. The Balaban J connectivity index is 1.57. The smallest absolute Gasteiger partial charge is 0.245 e. The molecule has 0 aromatic carbocycles. The molecule has 2 fully saturated rings. The fraction of sp³-hybridized carbons (Fsp3) is 0.538. The monoisotopic (exact) mass is 449 g/mol. The molecular weight excluding hydrogens is 414 g/mol. The van der Waals surface area contributed by atoms with Gasteiger partial charge in [-0.1, -0.05) is 25.3 Å². The molecule has 2 N–H and O–H groups in total. The number of nitrogens with zero attached hydrogens (tertiary/aromatic N) is 3. The average Bonchev–Trinajstić information content (AvgIpc) is 3.37. The van der Waals surface area contributed by atoms with Crippen molar-refractivity contribution >= 4 is 11.8 Å². The minimum atomic E-state index is -0.471. The number of hydrogen-bond donors (Lipinski definition) is 2. The summed E-state index contributed by atoms with van der Waals surface area (Å²) >= 11 is 0. The zero-order valence-corrected chi connectivity index (χ0v) is 19.7. The molecule has 0 radical (unpaired) electrons. The minimum absolute atomic E-state index is 0.0293. The highest BCUT2D eigenvalue weighted by Crippen LogP contribution is 2.35. The first kappa shape index (κ1) is 23.4. The Morgan fingerprint density at radius 3 is 2.64 bits per heavy atom. The van der Waals surface area contributed by atoms with E-state index in [0.29, 0.717) is 6.54 Å². The summed E-state index contributed by atoms with van der Waals surface area (Å²) in [7, 11) is 1.76. The molecule has 1 unspecified atom stereocenters. The molecule has 0 bridgehead atoms. The van der Waals surface area contributed by atoms with Crippen molar-refractivity contribution in [3.8, 4) is 11.3 Å². The van der Waals surface area contributed by atoms with Crippen LogP contribution in [0.1, 0.15) is 63.5 Å². The molecule has 1 aliphatic heterocycles. The summed E-state index contributed by atoms with van der Waals surface area (Å²) in [6.07, 6.45) is 12.7. The van der Waals surface area contributed by atoms with Gasteiger partial charge in [0.05, 0.1) is 17.8 Å². The molecule has 3 atom stereocenters. The van der Waals surface area contributed by atoms with Gasteiger partial charge in [0.2, 0.25) is 11.8 Å². The van der Waals surface area contributed by atoms with Crippen molar-refractivity contribution in [2.24, 2.45) is 5.92 Å². The third-order valence-electron chi connectivity index (χ3n) is 7.15. The molecule has 2 aliphatic rings. The van der Waals surface area contributed by atoms with Crippen LogP contribution < -0.4 is 10.6 Å². The van der Waals surface area contributed by atoms with E-state index in [9.17, 15) is 9.59 Å². The molecule has 2 amide bonds. The number of rotatable bonds is 7. The zero-order chi connectivity index (χ0) is 23.2. The van der Waals surface area contributed by atoms with Crippen LogP contribution in [-0.2, 0) is 9.59 Å². The molecule has 0 spiro atoms. The Hall–Kier alpha value is -2.80. The normalized spacial score (nSPS) is 20.9. The van der Waals surface area contributed by atoms with Gasteiger partial charge in [-0.05, 0) is 69.3 Å². The molecule has 1 saturated heterocycles. The van der Waals surface area contributed by atoms with Gasteiger partial charge in [0.15, 0.2) is 0 Å². The SMILES string of the molecule is CNC(C)C(=O)N[C@H](C(=O)N1CCC[C@H]1c1cncc(-c2ccccn2)c1)C1CCCCC1. The summed E-state index contributed by atoms with van der Waals surface area (Å²) in [5.74, 6) is 0.124. The number of pyridine rings is 2. The molecule has 1 aliphatic carbocycles. The number of carbonyl (C=O) groups is 2. The predicted molar refractivity (Wildman–Crippen MR) is 128 cm³/mol. The number of amides is 2. The lowest BCUT2D eigenvalue weighted by Gasteiger charge is -2.35. The van der Waals surface area contributed by atoms with Crippen LogP contribution in [0.15, 0.2) is 42.9 Å². The Labute approximate surface area is 196 Å². The summed E-state index contributed by atoms with van der Waals surface area (Å²) in [5.41, 5.74) is 2.85. The van der Waals surface area contributed by atoms with Gasteiger partial charge in [0.1, 0.15) is 6.04 Å². The van der Waals surface area contributed by atoms with Crippen LogP contribution >= 0.6 is 0 Å². The molecular formula is C26H35N5O2. The van der Waals surface area contributed by atoms with Crippen molar-refractivity contribution < 1.29 is 9.59 Å². The largest absolute Gasteiger partial charge is 0.343 e. The first-order valence-corrected chi connectivity index (χ1v) is 12.2. The molecule has 7 nitrogen and oxygen atoms in total. The number of likely N-dealkylation sites (N-methyl/N-ethyl adjacent to an activating group) is 1. The maximum Gasteiger partial charge on any atom is 0.245 e. The number of hydrogen-bond acceptors (Lipinski definition) is 5. The lowest BCUT2D eigenvalue weighted by Crippen LogP contribution is -2.55. The van der Waals surface area contributed by atoms with E-state index in [1.165, 1.54) is 6.42 Å². The molecule has 1 saturated carbocycles. The average molecular weight is 450 g/mol. The third kappa shape index (κ3) is 5.41. The van der Waals surface area contributed by atoms with Gasteiger partial charge in [-0.15, -0.1) is 0 Å². The van der Waals surface area contributed by atoms with Crippen LogP contribution in [-0.4, -0.2) is 52.4 Å². The van der Waals surface area contributed by atoms with Gasteiger partial charge >= 0.3 is 0 Å². The van der Waals surface area contributed by atoms with E-state index in [1.807, 2.05) is 42.4 Å². The maximum absolute atomic E-state index is 13.9. The van der Waals surface area contributed by atoms with Crippen molar-refractivity contribution in [1.29, 1.82) is 0 Å². The molecule has 4 rings (SSSR count). The number of likely N-dealkylation sites (tertiary alicyclic amines) is 1. The van der Waals surface area contributed by atoms with Gasteiger partial charge in [0, 0.05) is 30.7 Å². The summed E-state index contributed by atoms with van der Waals surface area (Å²) < 4.78 is 0. The van der Waals surface area contributed by atoms with Crippen molar-refractivity contribution in [3.63, 3.8) is 0 Å². The van der Waals surface area contributed by atoms with Gasteiger partial charge in [-0.25, -0.2) is 0 Å². The van der Waals surface area contributed by atoms with Crippen LogP contribution in [0, 0.1) is 5.92 Å². The highest BCUT2D eigenvalue weighted by molar-refractivity contribution is 5.90. The van der Waals surface area contributed by atoms with Crippen LogP contribution in [0.25, 0.3) is 11.3 Å². The van der Waals surface area contributed by atoms with Gasteiger partial charge in [0.25, 0.3) is 0 Å². The standard InChI is InChI=1S/C26H35N5O2/c1-18(27-2)25(32)30-24(19-9-4-3-5-10-19)26(33)31-14-8-12-23(31)21-15-20(16-28-17-21)22-11-6-7-13-29-22/h6-7,11,13,15-19,23-24,27H,3-5,8-10,12,14H2,1-2H3,(H,30,32)/t18?,23-,24-/m0/s1. The van der Waals surface area contributed by atoms with Gasteiger partial charge < -0.3 is 15.5 Å². The molecule has 2 aromatic heterocycles. The van der Waals surface area contributed by atoms with E-state index in [4.69, 9.17) is 0 Å². The summed E-state index contributed by atoms with van der Waals surface area (Å²) in [5, 5.41) is 6.09. The quantitative estimate of drug-likeness (QED) is 0.676. The summed E-state index contributed by atoms with van der Waals surface area (Å²) in [4.78, 5) is 37.5. The van der Waals surface area contributed by atoms with Gasteiger partial charge in [-0.2, -0.15) is 0 Å². The predicted octanol–water partition coefficient (Wildman–Crippen LogP) is 3.48. The van der Waals surface area contributed by atoms with Crippen LogP contribution in [0.2, 0.25) is 0 Å².